The monoisotopic (exact) mass is 532 g/mol. The topological polar surface area (TPSA) is 83.0 Å². The molecule has 160 valence electrons. The first kappa shape index (κ1) is 25.2. The van der Waals surface area contributed by atoms with Crippen LogP contribution in [0.5, 0.6) is 5.75 Å². The van der Waals surface area contributed by atoms with Crippen molar-refractivity contribution in [3.63, 3.8) is 0 Å². The van der Waals surface area contributed by atoms with Gasteiger partial charge >= 0.3 is 0 Å². The highest BCUT2D eigenvalue weighted by molar-refractivity contribution is 14.0. The summed E-state index contributed by atoms with van der Waals surface area (Å²) in [4.78, 5) is 4.87. The predicted octanol–water partition coefficient (Wildman–Crippen LogP) is 2.82. The van der Waals surface area contributed by atoms with Gasteiger partial charge in [0, 0.05) is 32.7 Å². The van der Waals surface area contributed by atoms with Gasteiger partial charge in [-0.15, -0.1) is 24.0 Å². The number of guanidine groups is 1. The molecule has 2 N–H and O–H groups in total. The van der Waals surface area contributed by atoms with Gasteiger partial charge in [0.05, 0.1) is 18.6 Å². The molecule has 0 aliphatic rings. The van der Waals surface area contributed by atoms with E-state index in [0.717, 1.165) is 11.3 Å². The Kier molecular flexibility index (Phi) is 10.4. The Morgan fingerprint density at radius 3 is 2.28 bits per heavy atom. The summed E-state index contributed by atoms with van der Waals surface area (Å²) >= 11 is 0. The second-order valence-corrected chi connectivity index (χ2v) is 8.38. The number of nitrogens with zero attached hydrogens (tertiary/aromatic N) is 2. The minimum atomic E-state index is -3.52. The van der Waals surface area contributed by atoms with Gasteiger partial charge < -0.3 is 15.4 Å². The van der Waals surface area contributed by atoms with Crippen molar-refractivity contribution < 1.29 is 13.2 Å². The molecule has 0 fully saturated rings. The molecule has 2 aromatic rings. The highest BCUT2D eigenvalue weighted by Crippen LogP contribution is 2.19. The van der Waals surface area contributed by atoms with E-state index >= 15 is 0 Å². The zero-order chi connectivity index (χ0) is 20.6. The van der Waals surface area contributed by atoms with Gasteiger partial charge in [-0.05, 0) is 24.6 Å². The van der Waals surface area contributed by atoms with E-state index < -0.39 is 10.0 Å². The molecule has 0 heterocycles. The van der Waals surface area contributed by atoms with Gasteiger partial charge in [-0.2, -0.15) is 0 Å². The minimum Gasteiger partial charge on any atom is -0.496 e. The standard InChI is InChI=1S/C20H28N4O3S.HI/c1-5-21-20(22-14-16-10-6-8-12-18(16)27-4)23-15-17-11-7-9-13-19(17)28(25,26)24(2)3;/h6-13H,5,14-15H2,1-4H3,(H2,21,22,23);1H. The quantitative estimate of drug-likeness (QED) is 0.311. The maximum absolute atomic E-state index is 12.5. The molecule has 0 saturated heterocycles. The summed E-state index contributed by atoms with van der Waals surface area (Å²) in [6.45, 7) is 3.44. The molecule has 2 aromatic carbocycles. The highest BCUT2D eigenvalue weighted by atomic mass is 127. The number of halogens is 1. The Balaban J connectivity index is 0.00000420. The zero-order valence-corrected chi connectivity index (χ0v) is 20.3. The van der Waals surface area contributed by atoms with Crippen LogP contribution in [0, 0.1) is 0 Å². The van der Waals surface area contributed by atoms with E-state index in [-0.39, 0.29) is 28.9 Å². The van der Waals surface area contributed by atoms with Crippen LogP contribution in [-0.4, -0.2) is 46.4 Å². The lowest BCUT2D eigenvalue weighted by Gasteiger charge is -2.17. The van der Waals surface area contributed by atoms with Crippen LogP contribution in [-0.2, 0) is 23.1 Å². The smallest absolute Gasteiger partial charge is 0.242 e. The molecule has 0 spiro atoms. The van der Waals surface area contributed by atoms with Gasteiger partial charge in [-0.1, -0.05) is 36.4 Å². The minimum absolute atomic E-state index is 0. The number of benzene rings is 2. The Bertz CT molecular complexity index is 917. The molecule has 29 heavy (non-hydrogen) atoms. The van der Waals surface area contributed by atoms with Crippen molar-refractivity contribution in [3.05, 3.63) is 59.7 Å². The van der Waals surface area contributed by atoms with E-state index in [1.165, 1.54) is 18.4 Å². The normalized spacial score (nSPS) is 11.7. The largest absolute Gasteiger partial charge is 0.496 e. The summed E-state index contributed by atoms with van der Waals surface area (Å²) < 4.78 is 31.7. The molecule has 0 unspecified atom stereocenters. The fourth-order valence-electron chi connectivity index (χ4n) is 2.62. The number of para-hydroxylation sites is 1. The number of ether oxygens (including phenoxy) is 1. The molecule has 0 radical (unpaired) electrons. The molecule has 7 nitrogen and oxygen atoms in total. The van der Waals surface area contributed by atoms with Crippen molar-refractivity contribution in [2.24, 2.45) is 4.99 Å². The fourth-order valence-corrected chi connectivity index (χ4v) is 3.73. The summed E-state index contributed by atoms with van der Waals surface area (Å²) in [5, 5.41) is 6.39. The molecule has 0 bridgehead atoms. The number of methoxy groups -OCH3 is 1. The van der Waals surface area contributed by atoms with E-state index in [0.29, 0.717) is 31.2 Å². The van der Waals surface area contributed by atoms with Gasteiger partial charge in [0.1, 0.15) is 5.75 Å². The highest BCUT2D eigenvalue weighted by Gasteiger charge is 2.20. The predicted molar refractivity (Wildman–Crippen MR) is 127 cm³/mol. The second kappa shape index (κ2) is 12.0. The third-order valence-electron chi connectivity index (χ3n) is 4.12. The molecule has 0 amide bonds. The van der Waals surface area contributed by atoms with Crippen molar-refractivity contribution in [1.82, 2.24) is 14.9 Å². The van der Waals surface area contributed by atoms with Crippen molar-refractivity contribution in [2.45, 2.75) is 24.9 Å². The molecule has 0 aliphatic heterocycles. The first-order chi connectivity index (χ1) is 13.4. The summed E-state index contributed by atoms with van der Waals surface area (Å²) in [7, 11) is 1.17. The lowest BCUT2D eigenvalue weighted by atomic mass is 10.2. The molecular formula is C20H29IN4O3S. The Labute approximate surface area is 190 Å². The summed E-state index contributed by atoms with van der Waals surface area (Å²) in [6.07, 6.45) is 0. The van der Waals surface area contributed by atoms with Crippen LogP contribution in [0.15, 0.2) is 58.4 Å². The lowest BCUT2D eigenvalue weighted by Crippen LogP contribution is -2.37. The van der Waals surface area contributed by atoms with Crippen molar-refractivity contribution in [3.8, 4) is 5.75 Å². The van der Waals surface area contributed by atoms with Crippen LogP contribution >= 0.6 is 24.0 Å². The average Bonchev–Trinajstić information content (AvgIpc) is 2.70. The number of rotatable bonds is 8. The summed E-state index contributed by atoms with van der Waals surface area (Å²) in [5.74, 6) is 1.38. The first-order valence-corrected chi connectivity index (χ1v) is 10.5. The van der Waals surface area contributed by atoms with Gasteiger partial charge in [0.25, 0.3) is 0 Å². The third-order valence-corrected chi connectivity index (χ3v) is 6.04. The van der Waals surface area contributed by atoms with Crippen molar-refractivity contribution >= 4 is 40.0 Å². The number of sulfonamides is 1. The number of hydrogen-bond donors (Lipinski definition) is 2. The van der Waals surface area contributed by atoms with Crippen LogP contribution < -0.4 is 15.4 Å². The van der Waals surface area contributed by atoms with Gasteiger partial charge in [-0.25, -0.2) is 17.7 Å². The van der Waals surface area contributed by atoms with Gasteiger partial charge in [-0.3, -0.25) is 0 Å². The van der Waals surface area contributed by atoms with Crippen LogP contribution in [0.1, 0.15) is 18.1 Å². The number of aliphatic imine (C=N–C) groups is 1. The summed E-state index contributed by atoms with van der Waals surface area (Å²) in [5.41, 5.74) is 1.65. The maximum Gasteiger partial charge on any atom is 0.242 e. The zero-order valence-electron chi connectivity index (χ0n) is 17.2. The van der Waals surface area contributed by atoms with Gasteiger partial charge in [0.2, 0.25) is 10.0 Å². The Hall–Kier alpha value is -1.85. The summed E-state index contributed by atoms with van der Waals surface area (Å²) in [6, 6.07) is 14.7. The van der Waals surface area contributed by atoms with Crippen LogP contribution in [0.3, 0.4) is 0 Å². The molecular weight excluding hydrogens is 503 g/mol. The first-order valence-electron chi connectivity index (χ1n) is 9.04. The fraction of sp³-hybridized carbons (Fsp3) is 0.350. The second-order valence-electron chi connectivity index (χ2n) is 6.26. The lowest BCUT2D eigenvalue weighted by molar-refractivity contribution is 0.410. The molecule has 0 aromatic heterocycles. The van der Waals surface area contributed by atoms with E-state index in [2.05, 4.69) is 15.6 Å². The average molecular weight is 532 g/mol. The Morgan fingerprint density at radius 2 is 1.66 bits per heavy atom. The molecule has 2 rings (SSSR count). The van der Waals surface area contributed by atoms with E-state index in [1.807, 2.05) is 37.3 Å². The number of hydrogen-bond acceptors (Lipinski definition) is 4. The molecule has 0 saturated carbocycles. The van der Waals surface area contributed by atoms with Crippen LogP contribution in [0.4, 0.5) is 0 Å². The number of nitrogens with one attached hydrogen (secondary N) is 2. The molecule has 9 heteroatoms. The SMILES string of the molecule is CCNC(=NCc1ccccc1OC)NCc1ccccc1S(=O)(=O)N(C)C.I. The molecule has 0 aliphatic carbocycles. The van der Waals surface area contributed by atoms with Crippen molar-refractivity contribution in [1.29, 1.82) is 0 Å². The van der Waals surface area contributed by atoms with Crippen molar-refractivity contribution in [2.75, 3.05) is 27.7 Å². The molecule has 0 atom stereocenters. The van der Waals surface area contributed by atoms with Gasteiger partial charge in [0.15, 0.2) is 5.96 Å². The van der Waals surface area contributed by atoms with E-state index in [9.17, 15) is 8.42 Å². The third kappa shape index (κ3) is 6.86. The van der Waals surface area contributed by atoms with Crippen LogP contribution in [0.25, 0.3) is 0 Å². The van der Waals surface area contributed by atoms with Crippen LogP contribution in [0.2, 0.25) is 0 Å². The van der Waals surface area contributed by atoms with E-state index in [4.69, 9.17) is 4.74 Å². The Morgan fingerprint density at radius 1 is 1.03 bits per heavy atom. The maximum atomic E-state index is 12.5. The van der Waals surface area contributed by atoms with E-state index in [1.54, 1.807) is 25.3 Å².